The van der Waals surface area contributed by atoms with Crippen molar-refractivity contribution in [3.63, 3.8) is 0 Å². The Bertz CT molecular complexity index is 852. The number of hydrogen-bond donors (Lipinski definition) is 1. The van der Waals surface area contributed by atoms with Crippen molar-refractivity contribution in [1.82, 2.24) is 0 Å². The first kappa shape index (κ1) is 18.7. The molecule has 0 unspecified atom stereocenters. The monoisotopic (exact) mass is 377 g/mol. The highest BCUT2D eigenvalue weighted by Gasteiger charge is 2.31. The number of rotatable bonds is 6. The average molecular weight is 377 g/mol. The lowest BCUT2D eigenvalue weighted by Crippen LogP contribution is -2.18. The number of nitrogens with one attached hydrogen (secondary N) is 1. The summed E-state index contributed by atoms with van der Waals surface area (Å²) in [5.41, 5.74) is -0.105. The van der Waals surface area contributed by atoms with E-state index < -0.39 is 22.1 Å². The molecule has 0 radical (unpaired) electrons. The Kier molecular flexibility index (Phi) is 5.31. The van der Waals surface area contributed by atoms with Gasteiger partial charge in [0.1, 0.15) is 22.1 Å². The first-order chi connectivity index (χ1) is 11.6. The number of ether oxygens (including phenoxy) is 3. The predicted octanol–water partition coefficient (Wildman–Crippen LogP) is 3.40. The van der Waals surface area contributed by atoms with Gasteiger partial charge in [0.2, 0.25) is 0 Å². The van der Waals surface area contributed by atoms with E-state index in [-0.39, 0.29) is 22.1 Å². The second kappa shape index (κ2) is 7.09. The summed E-state index contributed by atoms with van der Waals surface area (Å²) in [5.74, 6) is -0.225. The lowest BCUT2D eigenvalue weighted by Gasteiger charge is -2.14. The molecule has 0 bridgehead atoms. The van der Waals surface area contributed by atoms with Gasteiger partial charge in [0.05, 0.1) is 19.9 Å². The van der Waals surface area contributed by atoms with Gasteiger partial charge in [-0.3, -0.25) is 4.72 Å². The Morgan fingerprint density at radius 3 is 2.28 bits per heavy atom. The van der Waals surface area contributed by atoms with Gasteiger partial charge in [-0.15, -0.1) is 13.2 Å². The first-order valence-electron chi connectivity index (χ1n) is 6.75. The van der Waals surface area contributed by atoms with Crippen LogP contribution in [0.4, 0.5) is 18.9 Å². The SMILES string of the molecule is COc1ccc(OC)c(S(=O)(=O)Nc2cccc(OC(F)(F)F)c2)c1. The number of hydrogen-bond acceptors (Lipinski definition) is 5. The summed E-state index contributed by atoms with van der Waals surface area (Å²) in [6.07, 6.45) is -4.88. The summed E-state index contributed by atoms with van der Waals surface area (Å²) in [6.45, 7) is 0. The molecule has 0 saturated heterocycles. The number of alkyl halides is 3. The van der Waals surface area contributed by atoms with E-state index >= 15 is 0 Å². The van der Waals surface area contributed by atoms with Crippen molar-refractivity contribution < 1.29 is 35.8 Å². The largest absolute Gasteiger partial charge is 0.573 e. The van der Waals surface area contributed by atoms with Crippen molar-refractivity contribution in [2.24, 2.45) is 0 Å². The third kappa shape index (κ3) is 4.92. The van der Waals surface area contributed by atoms with Gasteiger partial charge in [0.15, 0.2) is 0 Å². The van der Waals surface area contributed by atoms with Crippen LogP contribution in [0.5, 0.6) is 17.2 Å². The van der Waals surface area contributed by atoms with Crippen LogP contribution in [0, 0.1) is 0 Å². The summed E-state index contributed by atoms with van der Waals surface area (Å²) >= 11 is 0. The van der Waals surface area contributed by atoms with Crippen LogP contribution in [0.2, 0.25) is 0 Å². The molecule has 0 fully saturated rings. The third-order valence-electron chi connectivity index (χ3n) is 2.98. The molecule has 0 aliphatic rings. The Labute approximate surface area is 142 Å². The van der Waals surface area contributed by atoms with Crippen LogP contribution in [0.1, 0.15) is 0 Å². The summed E-state index contributed by atoms with van der Waals surface area (Å²) in [4.78, 5) is -0.225. The molecule has 6 nitrogen and oxygen atoms in total. The maximum absolute atomic E-state index is 12.5. The highest BCUT2D eigenvalue weighted by molar-refractivity contribution is 7.92. The van der Waals surface area contributed by atoms with Gasteiger partial charge in [0, 0.05) is 12.1 Å². The molecular weight excluding hydrogens is 363 g/mol. The first-order valence-corrected chi connectivity index (χ1v) is 8.23. The van der Waals surface area contributed by atoms with Gasteiger partial charge in [-0.2, -0.15) is 0 Å². The molecule has 25 heavy (non-hydrogen) atoms. The molecule has 0 aliphatic heterocycles. The molecule has 136 valence electrons. The molecule has 0 aliphatic carbocycles. The van der Waals surface area contributed by atoms with Crippen LogP contribution in [-0.4, -0.2) is 29.0 Å². The molecule has 0 amide bonds. The third-order valence-corrected chi connectivity index (χ3v) is 4.38. The molecule has 0 spiro atoms. The molecule has 0 atom stereocenters. The minimum Gasteiger partial charge on any atom is -0.497 e. The molecule has 2 aromatic rings. The summed E-state index contributed by atoms with van der Waals surface area (Å²) in [7, 11) is -1.49. The van der Waals surface area contributed by atoms with Crippen molar-refractivity contribution >= 4 is 15.7 Å². The molecule has 1 N–H and O–H groups in total. The highest BCUT2D eigenvalue weighted by atomic mass is 32.2. The van der Waals surface area contributed by atoms with Gasteiger partial charge in [-0.1, -0.05) is 6.07 Å². The number of anilines is 1. The molecule has 10 heteroatoms. The zero-order chi connectivity index (χ0) is 18.7. The van der Waals surface area contributed by atoms with E-state index in [2.05, 4.69) is 9.46 Å². The maximum atomic E-state index is 12.5. The van der Waals surface area contributed by atoms with Crippen molar-refractivity contribution in [3.8, 4) is 17.2 Å². The van der Waals surface area contributed by atoms with E-state index in [0.29, 0.717) is 0 Å². The Morgan fingerprint density at radius 1 is 0.960 bits per heavy atom. The van der Waals surface area contributed by atoms with Crippen LogP contribution in [0.3, 0.4) is 0 Å². The molecule has 2 rings (SSSR count). The highest BCUT2D eigenvalue weighted by Crippen LogP contribution is 2.31. The van der Waals surface area contributed by atoms with Crippen molar-refractivity contribution in [2.75, 3.05) is 18.9 Å². The zero-order valence-electron chi connectivity index (χ0n) is 13.1. The Balaban J connectivity index is 2.35. The van der Waals surface area contributed by atoms with Gasteiger partial charge in [0.25, 0.3) is 10.0 Å². The fraction of sp³-hybridized carbons (Fsp3) is 0.200. The smallest absolute Gasteiger partial charge is 0.497 e. The van der Waals surface area contributed by atoms with Gasteiger partial charge in [-0.25, -0.2) is 8.42 Å². The van der Waals surface area contributed by atoms with E-state index in [4.69, 9.17) is 9.47 Å². The lowest BCUT2D eigenvalue weighted by atomic mass is 10.3. The topological polar surface area (TPSA) is 73.9 Å². The van der Waals surface area contributed by atoms with Gasteiger partial charge >= 0.3 is 6.36 Å². The number of halogens is 3. The summed E-state index contributed by atoms with van der Waals surface area (Å²) in [6, 6.07) is 8.62. The van der Waals surface area contributed by atoms with Gasteiger partial charge in [-0.05, 0) is 24.3 Å². The predicted molar refractivity (Wildman–Crippen MR) is 83.5 cm³/mol. The molecule has 0 aromatic heterocycles. The van der Waals surface area contributed by atoms with Crippen molar-refractivity contribution in [3.05, 3.63) is 42.5 Å². The minimum atomic E-state index is -4.88. The minimum absolute atomic E-state index is 0.0518. The maximum Gasteiger partial charge on any atom is 0.573 e. The Hall–Kier alpha value is -2.62. The lowest BCUT2D eigenvalue weighted by molar-refractivity contribution is -0.274. The van der Waals surface area contributed by atoms with E-state index in [1.165, 1.54) is 44.6 Å². The van der Waals surface area contributed by atoms with E-state index in [9.17, 15) is 21.6 Å². The summed E-state index contributed by atoms with van der Waals surface area (Å²) < 4.78 is 77.8. The quantitative estimate of drug-likeness (QED) is 0.835. The number of methoxy groups -OCH3 is 2. The molecule has 2 aromatic carbocycles. The van der Waals surface area contributed by atoms with E-state index in [0.717, 1.165) is 12.1 Å². The van der Waals surface area contributed by atoms with Crippen LogP contribution in [-0.2, 0) is 10.0 Å². The van der Waals surface area contributed by atoms with Crippen molar-refractivity contribution in [2.45, 2.75) is 11.3 Å². The number of benzene rings is 2. The fourth-order valence-corrected chi connectivity index (χ4v) is 3.20. The zero-order valence-corrected chi connectivity index (χ0v) is 13.9. The van der Waals surface area contributed by atoms with Crippen LogP contribution in [0.25, 0.3) is 0 Å². The molecular formula is C15H14F3NO5S. The van der Waals surface area contributed by atoms with Crippen molar-refractivity contribution in [1.29, 1.82) is 0 Å². The Morgan fingerprint density at radius 2 is 1.68 bits per heavy atom. The fourth-order valence-electron chi connectivity index (χ4n) is 1.96. The van der Waals surface area contributed by atoms with Crippen LogP contribution < -0.4 is 18.9 Å². The average Bonchev–Trinajstić information content (AvgIpc) is 2.52. The second-order valence-electron chi connectivity index (χ2n) is 4.70. The van der Waals surface area contributed by atoms with Crippen LogP contribution in [0.15, 0.2) is 47.4 Å². The summed E-state index contributed by atoms with van der Waals surface area (Å²) in [5, 5.41) is 0. The normalized spacial score (nSPS) is 11.7. The number of sulfonamides is 1. The van der Waals surface area contributed by atoms with Gasteiger partial charge < -0.3 is 14.2 Å². The van der Waals surface area contributed by atoms with E-state index in [1.54, 1.807) is 0 Å². The molecule has 0 heterocycles. The van der Waals surface area contributed by atoms with Crippen LogP contribution >= 0.6 is 0 Å². The standard InChI is InChI=1S/C15H14F3NO5S/c1-22-11-6-7-13(23-2)14(9-11)25(20,21)19-10-4-3-5-12(8-10)24-15(16,17)18/h3-9,19H,1-2H3. The second-order valence-corrected chi connectivity index (χ2v) is 6.35. The van der Waals surface area contributed by atoms with E-state index in [1.807, 2.05) is 0 Å². The molecule has 0 saturated carbocycles.